The topological polar surface area (TPSA) is 84.3 Å². The zero-order valence-corrected chi connectivity index (χ0v) is 17.7. The van der Waals surface area contributed by atoms with Gasteiger partial charge in [0, 0.05) is 32.9 Å². The number of nitrogens with zero attached hydrogens (tertiary/aromatic N) is 3. The normalized spacial score (nSPS) is 12.9. The van der Waals surface area contributed by atoms with Crippen molar-refractivity contribution in [1.29, 1.82) is 0 Å². The van der Waals surface area contributed by atoms with E-state index in [0.29, 0.717) is 31.5 Å². The van der Waals surface area contributed by atoms with Gasteiger partial charge in [-0.2, -0.15) is 0 Å². The van der Waals surface area contributed by atoms with E-state index in [9.17, 15) is 18.8 Å². The second kappa shape index (κ2) is 9.13. The Kier molecular flexibility index (Phi) is 6.11. The third-order valence-electron chi connectivity index (χ3n) is 5.64. The summed E-state index contributed by atoms with van der Waals surface area (Å²) in [5, 5.41) is 2.56. The van der Waals surface area contributed by atoms with E-state index in [1.54, 1.807) is 15.7 Å². The third-order valence-corrected chi connectivity index (χ3v) is 5.64. The van der Waals surface area contributed by atoms with Gasteiger partial charge in [0.1, 0.15) is 17.1 Å². The van der Waals surface area contributed by atoms with Crippen molar-refractivity contribution in [2.24, 2.45) is 0 Å². The number of benzene rings is 1. The van der Waals surface area contributed by atoms with Crippen molar-refractivity contribution in [3.05, 3.63) is 99.0 Å². The highest BCUT2D eigenvalue weighted by Gasteiger charge is 2.28. The zero-order valence-electron chi connectivity index (χ0n) is 17.7. The van der Waals surface area contributed by atoms with E-state index in [1.807, 2.05) is 30.3 Å². The number of fused-ring (bicyclic) bond motifs is 1. The first-order valence-corrected chi connectivity index (χ1v) is 10.4. The molecule has 1 N–H and O–H groups in total. The Labute approximate surface area is 184 Å². The van der Waals surface area contributed by atoms with E-state index < -0.39 is 11.7 Å². The molecule has 2 amide bonds. The number of carbonyl (C=O) groups excluding carboxylic acids is 2. The van der Waals surface area contributed by atoms with Crippen molar-refractivity contribution in [2.45, 2.75) is 25.9 Å². The van der Waals surface area contributed by atoms with Gasteiger partial charge in [-0.1, -0.05) is 30.3 Å². The predicted octanol–water partition coefficient (Wildman–Crippen LogP) is 2.18. The van der Waals surface area contributed by atoms with Gasteiger partial charge in [0.2, 0.25) is 0 Å². The summed E-state index contributed by atoms with van der Waals surface area (Å²) in [5.74, 6) is -1.26. The Morgan fingerprint density at radius 1 is 1.16 bits per heavy atom. The summed E-state index contributed by atoms with van der Waals surface area (Å²) in [5.41, 5.74) is 2.44. The van der Waals surface area contributed by atoms with Crippen molar-refractivity contribution < 1.29 is 14.0 Å². The number of halogens is 1. The molecule has 0 aliphatic carbocycles. The summed E-state index contributed by atoms with van der Waals surface area (Å²) in [6.07, 6.45) is 3.76. The molecule has 0 radical (unpaired) electrons. The number of hydrogen-bond donors (Lipinski definition) is 1. The molecule has 3 aromatic rings. The predicted molar refractivity (Wildman–Crippen MR) is 117 cm³/mol. The number of hydrogen-bond acceptors (Lipinski definition) is 4. The molecule has 1 aromatic carbocycles. The van der Waals surface area contributed by atoms with Crippen molar-refractivity contribution in [3.8, 4) is 0 Å². The quantitative estimate of drug-likeness (QED) is 0.667. The third kappa shape index (κ3) is 4.30. The van der Waals surface area contributed by atoms with Crippen LogP contribution in [-0.2, 0) is 25.9 Å². The van der Waals surface area contributed by atoms with Crippen LogP contribution in [0.25, 0.3) is 0 Å². The van der Waals surface area contributed by atoms with Crippen LogP contribution in [0.3, 0.4) is 0 Å². The van der Waals surface area contributed by atoms with Crippen LogP contribution in [-0.4, -0.2) is 39.9 Å². The Morgan fingerprint density at radius 3 is 2.62 bits per heavy atom. The largest absolute Gasteiger partial charge is 0.355 e. The van der Waals surface area contributed by atoms with Gasteiger partial charge in [-0.25, -0.2) is 9.37 Å². The number of rotatable bonds is 5. The molecular weight excluding hydrogens is 411 g/mol. The van der Waals surface area contributed by atoms with E-state index in [4.69, 9.17) is 0 Å². The smallest absolute Gasteiger partial charge is 0.272 e. The Hall–Kier alpha value is -3.81. The highest BCUT2D eigenvalue weighted by molar-refractivity contribution is 5.96. The standard InChI is InChI=1S/C24H23FN4O3/c1-26-22(30)21-19-10-12-28(23(31)20-8-7-18(25)13-27-20)14-17(19)15-29(24(21)32)11-9-16-5-3-2-4-6-16/h2-8,13,15H,9-12,14H2,1H3,(H,26,30). The van der Waals surface area contributed by atoms with Crippen LogP contribution in [0.2, 0.25) is 0 Å². The van der Waals surface area contributed by atoms with E-state index in [2.05, 4.69) is 10.3 Å². The minimum Gasteiger partial charge on any atom is -0.355 e. The highest BCUT2D eigenvalue weighted by Crippen LogP contribution is 2.22. The summed E-state index contributed by atoms with van der Waals surface area (Å²) in [4.78, 5) is 44.0. The van der Waals surface area contributed by atoms with E-state index >= 15 is 0 Å². The minimum absolute atomic E-state index is 0.130. The number of amides is 2. The van der Waals surface area contributed by atoms with E-state index in [-0.39, 0.29) is 29.3 Å². The maximum Gasteiger partial charge on any atom is 0.272 e. The van der Waals surface area contributed by atoms with Gasteiger partial charge in [0.15, 0.2) is 0 Å². The van der Waals surface area contributed by atoms with E-state index in [0.717, 1.165) is 17.3 Å². The summed E-state index contributed by atoms with van der Waals surface area (Å²) in [7, 11) is 1.49. The molecule has 8 heteroatoms. The Bertz CT molecular complexity index is 1210. The van der Waals surface area contributed by atoms with Gasteiger partial charge in [0.25, 0.3) is 17.4 Å². The van der Waals surface area contributed by atoms with Crippen molar-refractivity contribution in [2.75, 3.05) is 13.6 Å². The molecule has 1 aliphatic heterocycles. The number of aromatic nitrogens is 2. The summed E-state index contributed by atoms with van der Waals surface area (Å²) >= 11 is 0. The molecule has 32 heavy (non-hydrogen) atoms. The first-order chi connectivity index (χ1) is 15.5. The Morgan fingerprint density at radius 2 is 1.94 bits per heavy atom. The van der Waals surface area contributed by atoms with Gasteiger partial charge in [0.05, 0.1) is 6.20 Å². The van der Waals surface area contributed by atoms with Crippen LogP contribution in [0.4, 0.5) is 4.39 Å². The maximum atomic E-state index is 13.2. The monoisotopic (exact) mass is 434 g/mol. The minimum atomic E-state index is -0.511. The summed E-state index contributed by atoms with van der Waals surface area (Å²) in [6, 6.07) is 12.3. The lowest BCUT2D eigenvalue weighted by molar-refractivity contribution is 0.0728. The molecule has 164 valence electrons. The van der Waals surface area contributed by atoms with Crippen molar-refractivity contribution >= 4 is 11.8 Å². The first kappa shape index (κ1) is 21.4. The molecular formula is C24H23FN4O3. The van der Waals surface area contributed by atoms with Crippen LogP contribution in [0, 0.1) is 5.82 Å². The van der Waals surface area contributed by atoms with Crippen LogP contribution >= 0.6 is 0 Å². The first-order valence-electron chi connectivity index (χ1n) is 10.4. The molecule has 0 spiro atoms. The van der Waals surface area contributed by atoms with Crippen LogP contribution in [0.1, 0.15) is 37.5 Å². The number of nitrogens with one attached hydrogen (secondary N) is 1. The fraction of sp³-hybridized carbons (Fsp3) is 0.250. The lowest BCUT2D eigenvalue weighted by atomic mass is 9.95. The van der Waals surface area contributed by atoms with Crippen LogP contribution < -0.4 is 10.9 Å². The molecule has 0 saturated carbocycles. The van der Waals surface area contributed by atoms with Crippen molar-refractivity contribution in [1.82, 2.24) is 19.8 Å². The average molecular weight is 434 g/mol. The van der Waals surface area contributed by atoms with Crippen molar-refractivity contribution in [3.63, 3.8) is 0 Å². The van der Waals surface area contributed by atoms with Crippen LogP contribution in [0.5, 0.6) is 0 Å². The molecule has 0 fully saturated rings. The fourth-order valence-corrected chi connectivity index (χ4v) is 3.97. The zero-order chi connectivity index (χ0) is 22.7. The van der Waals surface area contributed by atoms with Gasteiger partial charge in [-0.3, -0.25) is 14.4 Å². The SMILES string of the molecule is CNC(=O)c1c2c(cn(CCc3ccccc3)c1=O)CN(C(=O)c1ccc(F)cn1)CC2. The molecule has 0 unspecified atom stereocenters. The van der Waals surface area contributed by atoms with E-state index in [1.165, 1.54) is 19.2 Å². The molecule has 7 nitrogen and oxygen atoms in total. The molecule has 0 bridgehead atoms. The number of pyridine rings is 2. The van der Waals surface area contributed by atoms with Gasteiger partial charge in [-0.05, 0) is 41.7 Å². The van der Waals surface area contributed by atoms with Crippen LogP contribution in [0.15, 0.2) is 59.7 Å². The maximum absolute atomic E-state index is 13.2. The number of aryl methyl sites for hydroxylation is 2. The lowest BCUT2D eigenvalue weighted by Gasteiger charge is -2.30. The molecule has 1 aliphatic rings. The average Bonchev–Trinajstić information content (AvgIpc) is 2.82. The van der Waals surface area contributed by atoms with Gasteiger partial charge >= 0.3 is 0 Å². The molecule has 0 saturated heterocycles. The Balaban J connectivity index is 1.66. The second-order valence-corrected chi connectivity index (χ2v) is 7.66. The molecule has 0 atom stereocenters. The second-order valence-electron chi connectivity index (χ2n) is 7.66. The molecule has 2 aromatic heterocycles. The fourth-order valence-electron chi connectivity index (χ4n) is 3.97. The molecule has 3 heterocycles. The molecule has 4 rings (SSSR count). The summed E-state index contributed by atoms with van der Waals surface area (Å²) in [6.45, 7) is 0.985. The van der Waals surface area contributed by atoms with Gasteiger partial charge in [-0.15, -0.1) is 0 Å². The number of carbonyl (C=O) groups is 2. The summed E-state index contributed by atoms with van der Waals surface area (Å²) < 4.78 is 14.7. The lowest BCUT2D eigenvalue weighted by Crippen LogP contribution is -2.41. The van der Waals surface area contributed by atoms with Gasteiger partial charge < -0.3 is 14.8 Å². The highest BCUT2D eigenvalue weighted by atomic mass is 19.1.